The van der Waals surface area contributed by atoms with E-state index in [0.717, 1.165) is 0 Å². The first-order valence-corrected chi connectivity index (χ1v) is 3.89. The maximum atomic E-state index is 10.6. The molecule has 0 atom stereocenters. The van der Waals surface area contributed by atoms with Crippen LogP contribution in [-0.4, -0.2) is 12.5 Å². The fraction of sp³-hybridized carbons (Fsp3) is 0.875. The second-order valence-electron chi connectivity index (χ2n) is 1.97. The molecule has 0 aliphatic rings. The molecule has 0 aromatic rings. The predicted octanol–water partition coefficient (Wildman–Crippen LogP) is -0.407. The molecule has 11 heavy (non-hydrogen) atoms. The Morgan fingerprint density at radius 3 is 1.82 bits per heavy atom. The van der Waals surface area contributed by atoms with Crippen molar-refractivity contribution in [3.8, 4) is 0 Å². The summed E-state index contributed by atoms with van der Waals surface area (Å²) < 4.78 is 0. The van der Waals surface area contributed by atoms with Gasteiger partial charge in [0.25, 0.3) is 0 Å². The van der Waals surface area contributed by atoms with Gasteiger partial charge in [-0.2, -0.15) is 0 Å². The summed E-state index contributed by atoms with van der Waals surface area (Å²) in [4.78, 5) is 10.6. The SMILES string of the molecule is CC.CC[N-]C(=O)C(C)C.[K+]. The van der Waals surface area contributed by atoms with Crippen LogP contribution in [0.5, 0.6) is 0 Å². The van der Waals surface area contributed by atoms with Crippen LogP contribution >= 0.6 is 0 Å². The van der Waals surface area contributed by atoms with Gasteiger partial charge in [0.05, 0.1) is 5.91 Å². The maximum Gasteiger partial charge on any atom is 1.00 e. The van der Waals surface area contributed by atoms with Crippen LogP contribution in [0.15, 0.2) is 0 Å². The van der Waals surface area contributed by atoms with E-state index in [0.29, 0.717) is 6.54 Å². The summed E-state index contributed by atoms with van der Waals surface area (Å²) >= 11 is 0. The van der Waals surface area contributed by atoms with Crippen molar-refractivity contribution >= 4 is 5.91 Å². The van der Waals surface area contributed by atoms with Crippen molar-refractivity contribution in [1.82, 2.24) is 0 Å². The van der Waals surface area contributed by atoms with E-state index in [2.05, 4.69) is 5.32 Å². The normalized spacial score (nSPS) is 7.45. The van der Waals surface area contributed by atoms with Gasteiger partial charge in [-0.25, -0.2) is 0 Å². The first kappa shape index (κ1) is 18.0. The number of amides is 1. The van der Waals surface area contributed by atoms with Gasteiger partial charge in [-0.15, -0.1) is 6.54 Å². The summed E-state index contributed by atoms with van der Waals surface area (Å²) in [5, 5.41) is 3.69. The Labute approximate surface area is 113 Å². The second-order valence-corrected chi connectivity index (χ2v) is 1.97. The van der Waals surface area contributed by atoms with Crippen molar-refractivity contribution in [1.29, 1.82) is 0 Å². The first-order valence-electron chi connectivity index (χ1n) is 3.89. The van der Waals surface area contributed by atoms with Gasteiger partial charge in [-0.3, -0.25) is 0 Å². The smallest absolute Gasteiger partial charge is 0.653 e. The van der Waals surface area contributed by atoms with E-state index in [1.165, 1.54) is 0 Å². The Morgan fingerprint density at radius 1 is 1.36 bits per heavy atom. The summed E-state index contributed by atoms with van der Waals surface area (Å²) in [6.45, 7) is 10.2. The number of hydrogen-bond donors (Lipinski definition) is 0. The third kappa shape index (κ3) is 14.0. The molecule has 0 aromatic heterocycles. The van der Waals surface area contributed by atoms with E-state index in [1.807, 2.05) is 34.6 Å². The molecule has 1 amide bonds. The molecule has 0 N–H and O–H groups in total. The van der Waals surface area contributed by atoms with Crippen LogP contribution in [0.2, 0.25) is 0 Å². The Balaban J connectivity index is -0.000000196. The molecule has 0 unspecified atom stereocenters. The molecule has 3 heteroatoms. The molecule has 0 saturated carbocycles. The number of rotatable bonds is 2. The summed E-state index contributed by atoms with van der Waals surface area (Å²) in [6.07, 6.45) is 0. The fourth-order valence-electron chi connectivity index (χ4n) is 0.338. The molecule has 0 spiro atoms. The van der Waals surface area contributed by atoms with Crippen LogP contribution < -0.4 is 51.4 Å². The van der Waals surface area contributed by atoms with Crippen LogP contribution in [0.1, 0.15) is 34.6 Å². The molecule has 0 aromatic carbocycles. The minimum Gasteiger partial charge on any atom is -0.653 e. The van der Waals surface area contributed by atoms with Crippen LogP contribution in [0.25, 0.3) is 5.32 Å². The summed E-state index contributed by atoms with van der Waals surface area (Å²) in [5.74, 6) is 0.0717. The molecule has 0 saturated heterocycles. The van der Waals surface area contributed by atoms with Crippen LogP contribution in [-0.2, 0) is 4.79 Å². The Bertz CT molecular complexity index is 84.2. The third-order valence-corrected chi connectivity index (χ3v) is 0.808. The first-order chi connectivity index (χ1) is 4.68. The van der Waals surface area contributed by atoms with E-state index in [-0.39, 0.29) is 63.2 Å². The van der Waals surface area contributed by atoms with Gasteiger partial charge in [0, 0.05) is 0 Å². The molecule has 0 fully saturated rings. The largest absolute Gasteiger partial charge is 1.00 e. The summed E-state index contributed by atoms with van der Waals surface area (Å²) in [7, 11) is 0. The van der Waals surface area contributed by atoms with Gasteiger partial charge in [0.15, 0.2) is 0 Å². The van der Waals surface area contributed by atoms with Crippen molar-refractivity contribution in [2.75, 3.05) is 6.54 Å². The zero-order valence-corrected chi connectivity index (χ0v) is 11.8. The van der Waals surface area contributed by atoms with Gasteiger partial charge in [0.2, 0.25) is 0 Å². The molecule has 0 radical (unpaired) electrons. The molecule has 2 nitrogen and oxygen atoms in total. The minimum absolute atomic E-state index is 0. The van der Waals surface area contributed by atoms with Crippen LogP contribution in [0.3, 0.4) is 0 Å². The summed E-state index contributed by atoms with van der Waals surface area (Å²) in [5.41, 5.74) is 0. The van der Waals surface area contributed by atoms with Crippen molar-refractivity contribution in [3.63, 3.8) is 0 Å². The molecule has 0 heterocycles. The predicted molar refractivity (Wildman–Crippen MR) is 45.1 cm³/mol. The number of hydrogen-bond acceptors (Lipinski definition) is 1. The average molecular weight is 183 g/mol. The van der Waals surface area contributed by atoms with Crippen molar-refractivity contribution in [3.05, 3.63) is 5.32 Å². The van der Waals surface area contributed by atoms with E-state index in [1.54, 1.807) is 0 Å². The van der Waals surface area contributed by atoms with E-state index < -0.39 is 0 Å². The van der Waals surface area contributed by atoms with Crippen LogP contribution in [0.4, 0.5) is 0 Å². The van der Waals surface area contributed by atoms with Crippen molar-refractivity contribution < 1.29 is 56.2 Å². The Hall–Kier alpha value is 1.11. The van der Waals surface area contributed by atoms with Crippen LogP contribution in [0, 0.1) is 5.92 Å². The number of nitrogens with zero attached hydrogens (tertiary/aromatic N) is 1. The molecule has 0 bridgehead atoms. The molecular weight excluding hydrogens is 165 g/mol. The maximum absolute atomic E-state index is 10.6. The van der Waals surface area contributed by atoms with Gasteiger partial charge >= 0.3 is 51.4 Å². The Kier molecular flexibility index (Phi) is 22.4. The zero-order valence-electron chi connectivity index (χ0n) is 8.64. The van der Waals surface area contributed by atoms with Gasteiger partial charge in [-0.1, -0.05) is 34.6 Å². The number of carbonyl (C=O) groups excluding carboxylic acids is 1. The molecule has 62 valence electrons. The molecular formula is C8H18KNO. The van der Waals surface area contributed by atoms with Gasteiger partial charge in [-0.05, 0) is 5.92 Å². The topological polar surface area (TPSA) is 31.2 Å². The van der Waals surface area contributed by atoms with Gasteiger partial charge < -0.3 is 10.1 Å². The fourth-order valence-corrected chi connectivity index (χ4v) is 0.338. The van der Waals surface area contributed by atoms with E-state index in [4.69, 9.17) is 0 Å². The molecule has 0 aliphatic heterocycles. The second kappa shape index (κ2) is 13.7. The average Bonchev–Trinajstić information content (AvgIpc) is 1.93. The van der Waals surface area contributed by atoms with E-state index in [9.17, 15) is 4.79 Å². The van der Waals surface area contributed by atoms with Crippen molar-refractivity contribution in [2.45, 2.75) is 34.6 Å². The third-order valence-electron chi connectivity index (χ3n) is 0.808. The summed E-state index contributed by atoms with van der Waals surface area (Å²) in [6, 6.07) is 0. The quantitative estimate of drug-likeness (QED) is 0.536. The molecule has 0 aliphatic carbocycles. The number of carbonyl (C=O) groups is 1. The monoisotopic (exact) mass is 183 g/mol. The molecule has 0 rings (SSSR count). The van der Waals surface area contributed by atoms with Crippen molar-refractivity contribution in [2.24, 2.45) is 5.92 Å². The van der Waals surface area contributed by atoms with Gasteiger partial charge in [0.1, 0.15) is 0 Å². The zero-order chi connectivity index (χ0) is 8.57. The standard InChI is InChI=1S/C6H13NO.C2H6.K/c1-4-7-6(8)5(2)3;1-2;/h5H,4H2,1-3H3,(H,7,8);1-2H3;/q;;+1/p-1. The minimum atomic E-state index is 0. The van der Waals surface area contributed by atoms with E-state index >= 15 is 0 Å². The Morgan fingerprint density at radius 2 is 1.73 bits per heavy atom.